The summed E-state index contributed by atoms with van der Waals surface area (Å²) < 4.78 is 25.0. The molecule has 0 radical (unpaired) electrons. The number of methoxy groups -OCH3 is 2. The van der Waals surface area contributed by atoms with Crippen LogP contribution in [0.2, 0.25) is 0 Å². The Morgan fingerprint density at radius 2 is 1.70 bits per heavy atom. The van der Waals surface area contributed by atoms with Gasteiger partial charge < -0.3 is 24.6 Å². The van der Waals surface area contributed by atoms with Crippen molar-refractivity contribution in [2.75, 3.05) is 50.6 Å². The van der Waals surface area contributed by atoms with Crippen LogP contribution < -0.4 is 25.2 Å². The van der Waals surface area contributed by atoms with Gasteiger partial charge in [0.15, 0.2) is 0 Å². The van der Waals surface area contributed by atoms with Gasteiger partial charge in [-0.25, -0.2) is 9.18 Å². The van der Waals surface area contributed by atoms with Crippen molar-refractivity contribution in [3.05, 3.63) is 70.8 Å². The molecule has 33 heavy (non-hydrogen) atoms. The van der Waals surface area contributed by atoms with Gasteiger partial charge in [-0.3, -0.25) is 4.79 Å². The minimum absolute atomic E-state index is 0.245. The highest BCUT2D eigenvalue weighted by atomic mass is 19.1. The third-order valence-electron chi connectivity index (χ3n) is 5.40. The molecule has 0 aliphatic carbocycles. The SMILES string of the molecule is COc1ccc(OC)c(NC(=O)N2CCN(c3ccc(=O)n(-c4ccc(F)cc4)n3)CC2)c1. The highest BCUT2D eigenvalue weighted by Gasteiger charge is 2.23. The third kappa shape index (κ3) is 4.89. The van der Waals surface area contributed by atoms with Gasteiger partial charge in [-0.2, -0.15) is 4.68 Å². The second-order valence-corrected chi connectivity index (χ2v) is 7.39. The van der Waals surface area contributed by atoms with E-state index >= 15 is 0 Å². The Bertz CT molecular complexity index is 1190. The summed E-state index contributed by atoms with van der Waals surface area (Å²) in [6.45, 7) is 2.01. The fraction of sp³-hybridized carbons (Fsp3) is 0.261. The minimum atomic E-state index is -0.385. The Morgan fingerprint density at radius 1 is 0.970 bits per heavy atom. The normalized spacial score (nSPS) is 13.5. The smallest absolute Gasteiger partial charge is 0.322 e. The molecule has 1 saturated heterocycles. The molecule has 0 saturated carbocycles. The van der Waals surface area contributed by atoms with Crippen LogP contribution in [-0.2, 0) is 0 Å². The van der Waals surface area contributed by atoms with Crippen molar-refractivity contribution in [3.8, 4) is 17.2 Å². The lowest BCUT2D eigenvalue weighted by molar-refractivity contribution is 0.208. The number of carbonyl (C=O) groups is 1. The lowest BCUT2D eigenvalue weighted by Gasteiger charge is -2.35. The van der Waals surface area contributed by atoms with E-state index in [1.54, 1.807) is 36.3 Å². The topological polar surface area (TPSA) is 88.9 Å². The number of ether oxygens (including phenoxy) is 2. The van der Waals surface area contributed by atoms with E-state index < -0.39 is 0 Å². The molecule has 1 aromatic heterocycles. The number of hydrogen-bond acceptors (Lipinski definition) is 6. The standard InChI is InChI=1S/C23H24FN5O4/c1-32-18-7-8-20(33-2)19(15-18)25-23(31)28-13-11-27(12-14-28)21-9-10-22(30)29(26-21)17-5-3-16(24)4-6-17/h3-10,15H,11-14H2,1-2H3,(H,25,31). The first-order valence-corrected chi connectivity index (χ1v) is 10.4. The minimum Gasteiger partial charge on any atom is -0.497 e. The Labute approximate surface area is 189 Å². The average molecular weight is 453 g/mol. The average Bonchev–Trinajstić information content (AvgIpc) is 2.85. The molecule has 1 N–H and O–H groups in total. The van der Waals surface area contributed by atoms with Gasteiger partial charge in [-0.15, -0.1) is 5.10 Å². The molecule has 2 heterocycles. The van der Waals surface area contributed by atoms with E-state index in [1.807, 2.05) is 4.90 Å². The number of carbonyl (C=O) groups excluding carboxylic acids is 1. The van der Waals surface area contributed by atoms with E-state index in [1.165, 1.54) is 42.1 Å². The summed E-state index contributed by atoms with van der Waals surface area (Å²) >= 11 is 0. The molecule has 1 aliphatic rings. The van der Waals surface area contributed by atoms with Crippen molar-refractivity contribution in [1.82, 2.24) is 14.7 Å². The zero-order valence-electron chi connectivity index (χ0n) is 18.3. The van der Waals surface area contributed by atoms with Gasteiger partial charge in [0.2, 0.25) is 0 Å². The third-order valence-corrected chi connectivity index (χ3v) is 5.40. The molecule has 4 rings (SSSR count). The van der Waals surface area contributed by atoms with Crippen LogP contribution in [0.25, 0.3) is 5.69 Å². The number of anilines is 2. The fourth-order valence-electron chi connectivity index (χ4n) is 3.58. The number of amides is 2. The number of rotatable bonds is 5. The lowest BCUT2D eigenvalue weighted by atomic mass is 10.2. The maximum atomic E-state index is 13.2. The van der Waals surface area contributed by atoms with Crippen molar-refractivity contribution < 1.29 is 18.7 Å². The van der Waals surface area contributed by atoms with Gasteiger partial charge in [0.1, 0.15) is 23.1 Å². The summed E-state index contributed by atoms with van der Waals surface area (Å²) in [4.78, 5) is 28.8. The van der Waals surface area contributed by atoms with Crippen LogP contribution in [0.15, 0.2) is 59.4 Å². The summed E-state index contributed by atoms with van der Waals surface area (Å²) in [7, 11) is 3.09. The predicted molar refractivity (Wildman–Crippen MR) is 122 cm³/mol. The number of halogens is 1. The van der Waals surface area contributed by atoms with E-state index in [9.17, 15) is 14.0 Å². The number of urea groups is 1. The zero-order chi connectivity index (χ0) is 23.4. The van der Waals surface area contributed by atoms with Crippen LogP contribution in [0.1, 0.15) is 0 Å². The first kappa shape index (κ1) is 22.1. The van der Waals surface area contributed by atoms with Crippen LogP contribution >= 0.6 is 0 Å². The van der Waals surface area contributed by atoms with Crippen LogP contribution in [0.3, 0.4) is 0 Å². The maximum Gasteiger partial charge on any atom is 0.322 e. The van der Waals surface area contributed by atoms with Gasteiger partial charge >= 0.3 is 6.03 Å². The van der Waals surface area contributed by atoms with E-state index in [2.05, 4.69) is 10.4 Å². The van der Waals surface area contributed by atoms with Gasteiger partial charge in [0.25, 0.3) is 5.56 Å². The molecule has 3 aromatic rings. The molecule has 1 aliphatic heterocycles. The first-order chi connectivity index (χ1) is 16.0. The van der Waals surface area contributed by atoms with Crippen molar-refractivity contribution >= 4 is 17.5 Å². The molecule has 2 aromatic carbocycles. The van der Waals surface area contributed by atoms with Gasteiger partial charge in [0, 0.05) is 38.3 Å². The maximum absolute atomic E-state index is 13.2. The number of nitrogens with one attached hydrogen (secondary N) is 1. The van der Waals surface area contributed by atoms with Crippen LogP contribution in [0.5, 0.6) is 11.5 Å². The lowest BCUT2D eigenvalue weighted by Crippen LogP contribution is -2.50. The highest BCUT2D eigenvalue weighted by molar-refractivity contribution is 5.91. The predicted octanol–water partition coefficient (Wildman–Crippen LogP) is 2.74. The molecule has 2 amide bonds. The Morgan fingerprint density at radius 3 is 2.36 bits per heavy atom. The summed E-state index contributed by atoms with van der Waals surface area (Å²) in [5.41, 5.74) is 0.696. The van der Waals surface area contributed by atoms with E-state index in [0.717, 1.165) is 0 Å². The Hall–Kier alpha value is -4.08. The number of benzene rings is 2. The van der Waals surface area contributed by atoms with E-state index in [4.69, 9.17) is 9.47 Å². The molecular formula is C23H24FN5O4. The monoisotopic (exact) mass is 453 g/mol. The summed E-state index contributed by atoms with van der Waals surface area (Å²) in [5.74, 6) is 1.37. The molecular weight excluding hydrogens is 429 g/mol. The van der Waals surface area contributed by atoms with E-state index in [-0.39, 0.29) is 17.4 Å². The van der Waals surface area contributed by atoms with E-state index in [0.29, 0.717) is 54.9 Å². The van der Waals surface area contributed by atoms with Crippen LogP contribution in [-0.4, -0.2) is 61.1 Å². The van der Waals surface area contributed by atoms with Crippen LogP contribution in [0.4, 0.5) is 20.7 Å². The zero-order valence-corrected chi connectivity index (χ0v) is 18.3. The summed E-state index contributed by atoms with van der Waals surface area (Å²) in [5, 5.41) is 7.31. The number of hydrogen-bond donors (Lipinski definition) is 1. The van der Waals surface area contributed by atoms with Crippen molar-refractivity contribution in [1.29, 1.82) is 0 Å². The molecule has 0 unspecified atom stereocenters. The number of piperazine rings is 1. The molecule has 0 bridgehead atoms. The Balaban J connectivity index is 1.43. The van der Waals surface area contributed by atoms with Crippen molar-refractivity contribution in [2.24, 2.45) is 0 Å². The Kier molecular flexibility index (Phi) is 6.43. The molecule has 0 spiro atoms. The number of nitrogens with zero attached hydrogens (tertiary/aromatic N) is 4. The van der Waals surface area contributed by atoms with Crippen molar-refractivity contribution in [2.45, 2.75) is 0 Å². The number of aromatic nitrogens is 2. The quantitative estimate of drug-likeness (QED) is 0.639. The fourth-order valence-corrected chi connectivity index (χ4v) is 3.58. The molecule has 1 fully saturated rings. The molecule has 9 nitrogen and oxygen atoms in total. The summed E-state index contributed by atoms with van der Waals surface area (Å²) in [6, 6.07) is 13.6. The molecule has 172 valence electrons. The van der Waals surface area contributed by atoms with Gasteiger partial charge in [-0.1, -0.05) is 0 Å². The van der Waals surface area contributed by atoms with Crippen LogP contribution in [0, 0.1) is 5.82 Å². The molecule has 0 atom stereocenters. The first-order valence-electron chi connectivity index (χ1n) is 10.4. The van der Waals surface area contributed by atoms with Gasteiger partial charge in [0.05, 0.1) is 25.6 Å². The summed E-state index contributed by atoms with van der Waals surface area (Å²) in [6.07, 6.45) is 0. The second kappa shape index (κ2) is 9.60. The highest BCUT2D eigenvalue weighted by Crippen LogP contribution is 2.29. The largest absolute Gasteiger partial charge is 0.497 e. The molecule has 10 heteroatoms. The van der Waals surface area contributed by atoms with Crippen molar-refractivity contribution in [3.63, 3.8) is 0 Å². The second-order valence-electron chi connectivity index (χ2n) is 7.39. The van der Waals surface area contributed by atoms with Gasteiger partial charge in [-0.05, 0) is 42.5 Å².